The van der Waals surface area contributed by atoms with Gasteiger partial charge in [-0.25, -0.2) is 0 Å². The number of anilines is 4. The fourth-order valence-electron chi connectivity index (χ4n) is 1.43. The Kier molecular flexibility index (Phi) is 4.01. The van der Waals surface area contributed by atoms with E-state index in [0.717, 1.165) is 5.69 Å². The molecule has 0 atom stereocenters. The van der Waals surface area contributed by atoms with E-state index in [1.54, 1.807) is 12.1 Å². The number of nitrogen functional groups attached to an aromatic ring is 1. The lowest BCUT2D eigenvalue weighted by Crippen LogP contribution is -2.15. The van der Waals surface area contributed by atoms with Crippen LogP contribution in [-0.2, 0) is 0 Å². The Morgan fingerprint density at radius 3 is 2.32 bits per heavy atom. The third-order valence-electron chi connectivity index (χ3n) is 2.17. The van der Waals surface area contributed by atoms with Crippen molar-refractivity contribution < 1.29 is 0 Å². The first-order chi connectivity index (χ1) is 9.02. The van der Waals surface area contributed by atoms with E-state index in [1.165, 1.54) is 0 Å². The molecule has 100 valence electrons. The highest BCUT2D eigenvalue weighted by Gasteiger charge is 2.05. The van der Waals surface area contributed by atoms with E-state index >= 15 is 0 Å². The second-order valence-corrected chi connectivity index (χ2v) is 4.71. The fourth-order valence-corrected chi connectivity index (χ4v) is 1.56. The highest BCUT2D eigenvalue weighted by Crippen LogP contribution is 2.17. The molecule has 0 unspecified atom stereocenters. The zero-order valence-corrected chi connectivity index (χ0v) is 11.4. The lowest BCUT2D eigenvalue weighted by Gasteiger charge is -2.10. The average molecular weight is 279 g/mol. The van der Waals surface area contributed by atoms with Gasteiger partial charge in [0.15, 0.2) is 0 Å². The van der Waals surface area contributed by atoms with E-state index in [2.05, 4.69) is 25.6 Å². The molecule has 0 aliphatic carbocycles. The van der Waals surface area contributed by atoms with Gasteiger partial charge in [0.25, 0.3) is 0 Å². The number of nitrogens with one attached hydrogen (secondary N) is 2. The molecular formula is C12H15ClN6. The summed E-state index contributed by atoms with van der Waals surface area (Å²) < 4.78 is 0. The zero-order valence-electron chi connectivity index (χ0n) is 10.7. The lowest BCUT2D eigenvalue weighted by atomic mass is 10.3. The summed E-state index contributed by atoms with van der Waals surface area (Å²) in [5, 5.41) is 6.79. The molecule has 4 N–H and O–H groups in total. The predicted molar refractivity (Wildman–Crippen MR) is 77.7 cm³/mol. The Morgan fingerprint density at radius 2 is 1.68 bits per heavy atom. The molecule has 0 fully saturated rings. The van der Waals surface area contributed by atoms with Crippen LogP contribution in [-0.4, -0.2) is 21.0 Å². The average Bonchev–Trinajstić information content (AvgIpc) is 2.30. The van der Waals surface area contributed by atoms with Crippen molar-refractivity contribution >= 4 is 35.1 Å². The van der Waals surface area contributed by atoms with Crippen LogP contribution >= 0.6 is 11.6 Å². The van der Waals surface area contributed by atoms with Gasteiger partial charge in [-0.2, -0.15) is 15.0 Å². The van der Waals surface area contributed by atoms with Crippen LogP contribution in [0.4, 0.5) is 23.5 Å². The normalized spacial score (nSPS) is 10.5. The molecule has 1 aromatic heterocycles. The highest BCUT2D eigenvalue weighted by atomic mass is 35.5. The van der Waals surface area contributed by atoms with Crippen LogP contribution in [0.15, 0.2) is 24.3 Å². The Morgan fingerprint density at radius 1 is 1.05 bits per heavy atom. The summed E-state index contributed by atoms with van der Waals surface area (Å²) in [5.74, 6) is 0.992. The summed E-state index contributed by atoms with van der Waals surface area (Å²) in [5.41, 5.74) is 6.47. The summed E-state index contributed by atoms with van der Waals surface area (Å²) >= 11 is 5.82. The van der Waals surface area contributed by atoms with Crippen molar-refractivity contribution in [3.63, 3.8) is 0 Å². The van der Waals surface area contributed by atoms with Crippen molar-refractivity contribution in [2.75, 3.05) is 16.4 Å². The minimum absolute atomic E-state index is 0.162. The number of nitrogens with zero attached hydrogens (tertiary/aromatic N) is 3. The van der Waals surface area contributed by atoms with Gasteiger partial charge in [-0.15, -0.1) is 0 Å². The van der Waals surface area contributed by atoms with Crippen LogP contribution in [0.1, 0.15) is 13.8 Å². The third kappa shape index (κ3) is 3.96. The first kappa shape index (κ1) is 13.4. The smallest absolute Gasteiger partial charge is 0.233 e. The fraction of sp³-hybridized carbons (Fsp3) is 0.250. The lowest BCUT2D eigenvalue weighted by molar-refractivity contribution is 0.870. The number of rotatable bonds is 4. The van der Waals surface area contributed by atoms with E-state index in [1.807, 2.05) is 26.0 Å². The summed E-state index contributed by atoms with van der Waals surface area (Å²) in [7, 11) is 0. The van der Waals surface area contributed by atoms with Crippen LogP contribution in [0.5, 0.6) is 0 Å². The number of nitrogens with two attached hydrogens (primary N) is 1. The third-order valence-corrected chi connectivity index (χ3v) is 2.42. The van der Waals surface area contributed by atoms with Crippen LogP contribution in [0.3, 0.4) is 0 Å². The zero-order chi connectivity index (χ0) is 13.8. The van der Waals surface area contributed by atoms with E-state index in [9.17, 15) is 0 Å². The molecule has 0 radical (unpaired) electrons. The number of benzene rings is 1. The van der Waals surface area contributed by atoms with E-state index in [-0.39, 0.29) is 12.0 Å². The number of hydrogen-bond acceptors (Lipinski definition) is 6. The van der Waals surface area contributed by atoms with Gasteiger partial charge in [-0.3, -0.25) is 0 Å². The van der Waals surface area contributed by atoms with Gasteiger partial charge in [-0.05, 0) is 38.1 Å². The molecule has 0 spiro atoms. The maximum atomic E-state index is 5.82. The van der Waals surface area contributed by atoms with Crippen molar-refractivity contribution in [2.24, 2.45) is 0 Å². The molecule has 2 aromatic rings. The summed E-state index contributed by atoms with van der Waals surface area (Å²) in [6.45, 7) is 3.98. The van der Waals surface area contributed by atoms with Crippen molar-refractivity contribution in [3.05, 3.63) is 29.3 Å². The van der Waals surface area contributed by atoms with Gasteiger partial charge in [-0.1, -0.05) is 11.6 Å². The molecule has 0 bridgehead atoms. The van der Waals surface area contributed by atoms with Gasteiger partial charge in [0.1, 0.15) is 0 Å². The van der Waals surface area contributed by atoms with Crippen molar-refractivity contribution in [1.29, 1.82) is 0 Å². The quantitative estimate of drug-likeness (QED) is 0.797. The van der Waals surface area contributed by atoms with E-state index in [4.69, 9.17) is 17.3 Å². The maximum absolute atomic E-state index is 5.82. The summed E-state index contributed by atoms with van der Waals surface area (Å²) in [6.07, 6.45) is 0. The molecule has 0 aliphatic heterocycles. The van der Waals surface area contributed by atoms with Crippen LogP contribution in [0.25, 0.3) is 0 Å². The van der Waals surface area contributed by atoms with Gasteiger partial charge >= 0.3 is 0 Å². The van der Waals surface area contributed by atoms with Gasteiger partial charge < -0.3 is 16.4 Å². The Hall–Kier alpha value is -2.08. The molecule has 0 amide bonds. The van der Waals surface area contributed by atoms with Crippen molar-refractivity contribution in [2.45, 2.75) is 19.9 Å². The second kappa shape index (κ2) is 5.71. The van der Waals surface area contributed by atoms with E-state index < -0.39 is 0 Å². The molecule has 0 saturated heterocycles. The molecule has 1 aromatic carbocycles. The van der Waals surface area contributed by atoms with Crippen LogP contribution in [0.2, 0.25) is 5.02 Å². The second-order valence-electron chi connectivity index (χ2n) is 4.27. The number of hydrogen-bond donors (Lipinski definition) is 3. The van der Waals surface area contributed by atoms with E-state index in [0.29, 0.717) is 16.9 Å². The minimum atomic E-state index is 0.162. The van der Waals surface area contributed by atoms with Gasteiger partial charge in [0.2, 0.25) is 17.8 Å². The minimum Gasteiger partial charge on any atom is -0.368 e. The molecule has 2 rings (SSSR count). The Bertz CT molecular complexity index is 555. The molecule has 0 aliphatic rings. The summed E-state index contributed by atoms with van der Waals surface area (Å²) in [4.78, 5) is 12.3. The maximum Gasteiger partial charge on any atom is 0.233 e. The van der Waals surface area contributed by atoms with Crippen molar-refractivity contribution in [1.82, 2.24) is 15.0 Å². The molecule has 1 heterocycles. The van der Waals surface area contributed by atoms with Crippen LogP contribution < -0.4 is 16.4 Å². The molecular weight excluding hydrogens is 264 g/mol. The summed E-state index contributed by atoms with van der Waals surface area (Å²) in [6, 6.07) is 7.43. The predicted octanol–water partition coefficient (Wildman–Crippen LogP) is 2.67. The van der Waals surface area contributed by atoms with Gasteiger partial charge in [0.05, 0.1) is 0 Å². The highest BCUT2D eigenvalue weighted by molar-refractivity contribution is 6.30. The monoisotopic (exact) mass is 278 g/mol. The van der Waals surface area contributed by atoms with Gasteiger partial charge in [0, 0.05) is 16.8 Å². The largest absolute Gasteiger partial charge is 0.368 e. The van der Waals surface area contributed by atoms with Crippen molar-refractivity contribution in [3.8, 4) is 0 Å². The topological polar surface area (TPSA) is 88.8 Å². The number of aromatic nitrogens is 3. The molecule has 7 heteroatoms. The molecule has 0 saturated carbocycles. The molecule has 19 heavy (non-hydrogen) atoms. The Balaban J connectivity index is 2.19. The Labute approximate surface area is 116 Å². The molecule has 6 nitrogen and oxygen atoms in total. The first-order valence-electron chi connectivity index (χ1n) is 5.83. The standard InChI is InChI=1S/C12H15ClN6/c1-7(2)15-11-17-10(14)18-12(19-11)16-9-5-3-8(13)4-6-9/h3-7H,1-2H3,(H4,14,15,16,17,18,19). The van der Waals surface area contributed by atoms with Crippen LogP contribution in [0, 0.1) is 0 Å². The first-order valence-corrected chi connectivity index (χ1v) is 6.21. The number of halogens is 1. The SMILES string of the molecule is CC(C)Nc1nc(N)nc(Nc2ccc(Cl)cc2)n1.